The van der Waals surface area contributed by atoms with Crippen LogP contribution in [0.15, 0.2) is 29.4 Å². The number of thioether (sulfide) groups is 1. The monoisotopic (exact) mass is 484 g/mol. The average molecular weight is 485 g/mol. The Balaban J connectivity index is 1.47. The van der Waals surface area contributed by atoms with Crippen molar-refractivity contribution >= 4 is 39.2 Å². The summed E-state index contributed by atoms with van der Waals surface area (Å²) in [6.45, 7) is 2.75. The van der Waals surface area contributed by atoms with Gasteiger partial charge in [0.25, 0.3) is 0 Å². The van der Waals surface area contributed by atoms with E-state index in [1.165, 1.54) is 31.0 Å². The molecule has 1 aromatic carbocycles. The molecule has 0 radical (unpaired) electrons. The van der Waals surface area contributed by atoms with E-state index >= 15 is 0 Å². The lowest BCUT2D eigenvalue weighted by Gasteiger charge is -2.26. The maximum absolute atomic E-state index is 12.3. The Morgan fingerprint density at radius 3 is 2.58 bits per heavy atom. The van der Waals surface area contributed by atoms with Gasteiger partial charge in [-0.2, -0.15) is 0 Å². The number of hydrogen-bond donors (Lipinski definition) is 0. The number of benzene rings is 1. The van der Waals surface area contributed by atoms with Crippen LogP contribution >= 0.6 is 23.4 Å². The summed E-state index contributed by atoms with van der Waals surface area (Å²) >= 11 is 7.29. The van der Waals surface area contributed by atoms with E-state index in [0.717, 1.165) is 24.6 Å². The highest BCUT2D eigenvalue weighted by Crippen LogP contribution is 2.25. The van der Waals surface area contributed by atoms with Crippen LogP contribution in [-0.2, 0) is 25.9 Å². The number of rotatable bonds is 7. The molecule has 0 saturated carbocycles. The van der Waals surface area contributed by atoms with E-state index in [9.17, 15) is 13.2 Å². The summed E-state index contributed by atoms with van der Waals surface area (Å²) in [6.07, 6.45) is 3.42. The molecule has 0 bridgehead atoms. The van der Waals surface area contributed by atoms with Crippen LogP contribution in [0.4, 0.5) is 0 Å². The second-order valence-corrected chi connectivity index (χ2v) is 11.5. The van der Waals surface area contributed by atoms with Gasteiger partial charge in [-0.1, -0.05) is 29.8 Å². The normalized spacial score (nSPS) is 21.3. The fourth-order valence-corrected chi connectivity index (χ4v) is 6.33. The van der Waals surface area contributed by atoms with E-state index in [4.69, 9.17) is 16.3 Å². The molecule has 1 aromatic heterocycles. The minimum atomic E-state index is -3.09. The van der Waals surface area contributed by atoms with Gasteiger partial charge in [0.15, 0.2) is 20.8 Å². The summed E-state index contributed by atoms with van der Waals surface area (Å²) in [7, 11) is -3.09. The van der Waals surface area contributed by atoms with Gasteiger partial charge in [-0.3, -0.25) is 14.3 Å². The predicted octanol–water partition coefficient (Wildman–Crippen LogP) is 2.73. The lowest BCUT2D eigenvalue weighted by atomic mass is 10.1. The first-order valence-electron chi connectivity index (χ1n) is 10.3. The molecule has 11 heteroatoms. The van der Waals surface area contributed by atoms with Crippen molar-refractivity contribution in [1.29, 1.82) is 0 Å². The van der Waals surface area contributed by atoms with Crippen molar-refractivity contribution in [1.82, 2.24) is 19.7 Å². The van der Waals surface area contributed by atoms with Crippen LogP contribution in [0.2, 0.25) is 5.02 Å². The second kappa shape index (κ2) is 9.89. The van der Waals surface area contributed by atoms with Crippen LogP contribution in [0, 0.1) is 0 Å². The molecular formula is C20H25ClN4O4S2. The molecule has 2 aliphatic rings. The number of hydrogen-bond acceptors (Lipinski definition) is 8. The molecule has 4 rings (SSSR count). The summed E-state index contributed by atoms with van der Waals surface area (Å²) in [5.74, 6) is 0.372. The summed E-state index contributed by atoms with van der Waals surface area (Å²) < 4.78 is 30.4. The Kier molecular flexibility index (Phi) is 7.20. The zero-order valence-corrected chi connectivity index (χ0v) is 19.5. The van der Waals surface area contributed by atoms with E-state index in [0.29, 0.717) is 23.1 Å². The van der Waals surface area contributed by atoms with E-state index in [1.807, 2.05) is 28.8 Å². The van der Waals surface area contributed by atoms with Gasteiger partial charge in [0.2, 0.25) is 0 Å². The maximum atomic E-state index is 12.3. The molecule has 3 heterocycles. The quantitative estimate of drug-likeness (QED) is 0.437. The first kappa shape index (κ1) is 22.6. The van der Waals surface area contributed by atoms with E-state index in [-0.39, 0.29) is 17.3 Å². The third-order valence-electron chi connectivity index (χ3n) is 5.41. The van der Waals surface area contributed by atoms with Crippen molar-refractivity contribution < 1.29 is 17.9 Å². The Hall–Kier alpha value is -1.62. The third kappa shape index (κ3) is 6.00. The third-order valence-corrected chi connectivity index (χ3v) is 8.30. The molecule has 0 N–H and O–H groups in total. The van der Waals surface area contributed by atoms with Crippen molar-refractivity contribution in [2.24, 2.45) is 0 Å². The number of carbonyl (C=O) groups excluding carboxylic acids is 1. The van der Waals surface area contributed by atoms with Crippen molar-refractivity contribution in [3.8, 4) is 5.69 Å². The van der Waals surface area contributed by atoms with Gasteiger partial charge >= 0.3 is 5.97 Å². The van der Waals surface area contributed by atoms with E-state index < -0.39 is 21.9 Å². The molecule has 1 unspecified atom stereocenters. The Bertz CT molecular complexity index is 1020. The average Bonchev–Trinajstić information content (AvgIpc) is 3.30. The van der Waals surface area contributed by atoms with Crippen LogP contribution in [0.25, 0.3) is 5.69 Å². The Morgan fingerprint density at radius 1 is 1.16 bits per heavy atom. The van der Waals surface area contributed by atoms with Crippen molar-refractivity contribution in [3.05, 3.63) is 35.1 Å². The van der Waals surface area contributed by atoms with Gasteiger partial charge in [-0.05, 0) is 56.6 Å². The summed E-state index contributed by atoms with van der Waals surface area (Å²) in [6, 6.07) is 7.42. The van der Waals surface area contributed by atoms with Gasteiger partial charge < -0.3 is 4.74 Å². The van der Waals surface area contributed by atoms with Gasteiger partial charge in [0.05, 0.1) is 23.8 Å². The standard InChI is InChI=1S/C20H25ClN4O4S2/c21-15-4-6-16(7-5-15)25-18(12-24-9-2-1-3-10-24)22-23-20(25)30-13-19(26)29-17-8-11-31(27,28)14-17/h4-7,17H,1-3,8-14H2. The SMILES string of the molecule is O=C(CSc1nnc(CN2CCCCC2)n1-c1ccc(Cl)cc1)OC1CCS(=O)(=O)C1. The summed E-state index contributed by atoms with van der Waals surface area (Å²) in [5, 5.41) is 9.94. The highest BCUT2D eigenvalue weighted by Gasteiger charge is 2.31. The van der Waals surface area contributed by atoms with Crippen LogP contribution < -0.4 is 0 Å². The smallest absolute Gasteiger partial charge is 0.316 e. The summed E-state index contributed by atoms with van der Waals surface area (Å²) in [4.78, 5) is 14.6. The zero-order valence-electron chi connectivity index (χ0n) is 17.1. The molecule has 168 valence electrons. The number of aromatic nitrogens is 3. The van der Waals surface area contributed by atoms with Crippen molar-refractivity contribution in [2.75, 3.05) is 30.3 Å². The molecule has 0 amide bonds. The number of ether oxygens (including phenoxy) is 1. The topological polar surface area (TPSA) is 94.4 Å². The minimum Gasteiger partial charge on any atom is -0.461 e. The molecule has 31 heavy (non-hydrogen) atoms. The van der Waals surface area contributed by atoms with E-state index in [2.05, 4.69) is 15.1 Å². The molecule has 0 spiro atoms. The van der Waals surface area contributed by atoms with Gasteiger partial charge in [0.1, 0.15) is 6.10 Å². The van der Waals surface area contributed by atoms with Gasteiger partial charge in [-0.25, -0.2) is 8.42 Å². The van der Waals surface area contributed by atoms with Crippen molar-refractivity contribution in [2.45, 2.75) is 43.5 Å². The summed E-state index contributed by atoms with van der Waals surface area (Å²) in [5.41, 5.74) is 0.874. The van der Waals surface area contributed by atoms with Crippen molar-refractivity contribution in [3.63, 3.8) is 0 Å². The van der Waals surface area contributed by atoms with E-state index in [1.54, 1.807) is 0 Å². The highest BCUT2D eigenvalue weighted by molar-refractivity contribution is 7.99. The van der Waals surface area contributed by atoms with Crippen LogP contribution in [0.5, 0.6) is 0 Å². The van der Waals surface area contributed by atoms with Gasteiger partial charge in [0, 0.05) is 10.7 Å². The largest absolute Gasteiger partial charge is 0.461 e. The van der Waals surface area contributed by atoms with Gasteiger partial charge in [-0.15, -0.1) is 10.2 Å². The Labute approximate surface area is 191 Å². The first-order valence-corrected chi connectivity index (χ1v) is 13.5. The molecule has 2 aromatic rings. The van der Waals surface area contributed by atoms with Crippen LogP contribution in [0.3, 0.4) is 0 Å². The molecule has 1 atom stereocenters. The number of likely N-dealkylation sites (tertiary alicyclic amines) is 1. The molecule has 0 aliphatic carbocycles. The maximum Gasteiger partial charge on any atom is 0.316 e. The first-order chi connectivity index (χ1) is 14.9. The molecular weight excluding hydrogens is 460 g/mol. The highest BCUT2D eigenvalue weighted by atomic mass is 35.5. The molecule has 8 nitrogen and oxygen atoms in total. The molecule has 2 saturated heterocycles. The zero-order chi connectivity index (χ0) is 21.8. The number of piperidine rings is 1. The van der Waals surface area contributed by atoms with Crippen LogP contribution in [0.1, 0.15) is 31.5 Å². The Morgan fingerprint density at radius 2 is 1.90 bits per heavy atom. The molecule has 2 aliphatic heterocycles. The second-order valence-electron chi connectivity index (χ2n) is 7.85. The lowest BCUT2D eigenvalue weighted by molar-refractivity contribution is -0.144. The van der Waals surface area contributed by atoms with Crippen LogP contribution in [-0.4, -0.2) is 70.5 Å². The molecule has 2 fully saturated rings. The fourth-order valence-electron chi connectivity index (χ4n) is 3.86. The number of halogens is 1. The number of esters is 1. The minimum absolute atomic E-state index is 0.0337. The predicted molar refractivity (Wildman–Crippen MR) is 119 cm³/mol. The fraction of sp³-hybridized carbons (Fsp3) is 0.550. The number of carbonyl (C=O) groups is 1. The number of nitrogens with zero attached hydrogens (tertiary/aromatic N) is 4. The number of sulfone groups is 1. The lowest BCUT2D eigenvalue weighted by Crippen LogP contribution is -2.30.